The number of benzene rings is 2. The van der Waals surface area contributed by atoms with Gasteiger partial charge in [-0.1, -0.05) is 42.5 Å². The number of hydrogen-bond donors (Lipinski definition) is 2. The molecule has 128 valence electrons. The fourth-order valence-electron chi connectivity index (χ4n) is 2.68. The Balaban J connectivity index is 1.48. The number of rotatable bonds is 4. The molecule has 0 saturated carbocycles. The number of anilines is 1. The van der Waals surface area contributed by atoms with Crippen molar-refractivity contribution >= 4 is 22.4 Å². The highest BCUT2D eigenvalue weighted by Gasteiger charge is 2.11. The van der Waals surface area contributed by atoms with E-state index in [1.54, 1.807) is 18.5 Å². The van der Waals surface area contributed by atoms with Crippen LogP contribution in [-0.4, -0.2) is 30.8 Å². The molecule has 2 aromatic heterocycles. The van der Waals surface area contributed by atoms with Crippen molar-refractivity contribution in [2.24, 2.45) is 0 Å². The van der Waals surface area contributed by atoms with Gasteiger partial charge in [-0.3, -0.25) is 4.79 Å². The van der Waals surface area contributed by atoms with Gasteiger partial charge in [0.05, 0.1) is 12.6 Å². The first-order chi connectivity index (χ1) is 12.7. The molecule has 7 heteroatoms. The van der Waals surface area contributed by atoms with E-state index in [1.807, 2.05) is 42.5 Å². The summed E-state index contributed by atoms with van der Waals surface area (Å²) in [6, 6.07) is 15.6. The minimum Gasteiger partial charge on any atom is -0.492 e. The average molecular weight is 345 g/mol. The maximum absolute atomic E-state index is 12.3. The number of fused-ring (bicyclic) bond motifs is 1. The van der Waals surface area contributed by atoms with Crippen LogP contribution in [0, 0.1) is 0 Å². The van der Waals surface area contributed by atoms with Crippen LogP contribution >= 0.6 is 0 Å². The summed E-state index contributed by atoms with van der Waals surface area (Å²) < 4.78 is 1.42. The van der Waals surface area contributed by atoms with Crippen molar-refractivity contribution < 1.29 is 9.90 Å². The summed E-state index contributed by atoms with van der Waals surface area (Å²) in [6.07, 6.45) is 4.79. The molecule has 0 atom stereocenters. The normalized spacial score (nSPS) is 10.8. The standard InChI is InChI=1S/C19H15N5O2/c25-17(11-13-6-7-14-4-1-2-5-15(14)10-13)22-16-12-20-19(23-18(16)26)24-9-3-8-21-24/h1-10,12H,11H2,(H,22,25)(H,20,23,26). The maximum Gasteiger partial charge on any atom is 0.253 e. The molecule has 0 radical (unpaired) electrons. The molecule has 0 spiro atoms. The summed E-state index contributed by atoms with van der Waals surface area (Å²) in [5.74, 6) is -0.344. The maximum atomic E-state index is 12.3. The minimum atomic E-state index is -0.308. The number of nitrogens with zero attached hydrogens (tertiary/aromatic N) is 4. The smallest absolute Gasteiger partial charge is 0.253 e. The molecular weight excluding hydrogens is 330 g/mol. The zero-order chi connectivity index (χ0) is 17.9. The quantitative estimate of drug-likeness (QED) is 0.593. The van der Waals surface area contributed by atoms with Crippen LogP contribution in [0.25, 0.3) is 16.7 Å². The average Bonchev–Trinajstić information content (AvgIpc) is 3.18. The first-order valence-corrected chi connectivity index (χ1v) is 8.02. The van der Waals surface area contributed by atoms with Crippen LogP contribution in [0.15, 0.2) is 67.1 Å². The predicted molar refractivity (Wildman–Crippen MR) is 97.1 cm³/mol. The van der Waals surface area contributed by atoms with Crippen LogP contribution in [0.1, 0.15) is 5.56 Å². The molecule has 0 aliphatic rings. The summed E-state index contributed by atoms with van der Waals surface area (Å²) in [7, 11) is 0. The molecule has 0 saturated heterocycles. The highest BCUT2D eigenvalue weighted by Crippen LogP contribution is 2.21. The molecule has 2 aromatic carbocycles. The number of aromatic hydroxyl groups is 1. The van der Waals surface area contributed by atoms with E-state index < -0.39 is 0 Å². The molecule has 0 unspecified atom stereocenters. The van der Waals surface area contributed by atoms with Crippen molar-refractivity contribution in [2.45, 2.75) is 6.42 Å². The van der Waals surface area contributed by atoms with Gasteiger partial charge in [-0.05, 0) is 22.4 Å². The molecule has 0 bridgehead atoms. The number of aromatic nitrogens is 4. The SMILES string of the molecule is O=C(Cc1ccc2ccccc2c1)Nc1cnc(-n2cccn2)nc1O. The predicted octanol–water partition coefficient (Wildman–Crippen LogP) is 2.70. The number of hydrogen-bond acceptors (Lipinski definition) is 5. The number of carbonyl (C=O) groups is 1. The lowest BCUT2D eigenvalue weighted by atomic mass is 10.0. The summed E-state index contributed by atoms with van der Waals surface area (Å²) in [6.45, 7) is 0. The molecule has 7 nitrogen and oxygen atoms in total. The van der Waals surface area contributed by atoms with Gasteiger partial charge in [-0.2, -0.15) is 10.1 Å². The lowest BCUT2D eigenvalue weighted by Gasteiger charge is -2.08. The van der Waals surface area contributed by atoms with E-state index in [0.717, 1.165) is 16.3 Å². The molecular formula is C19H15N5O2. The summed E-state index contributed by atoms with van der Waals surface area (Å²) in [5.41, 5.74) is 1.04. The molecule has 0 fully saturated rings. The Hall–Kier alpha value is -3.74. The van der Waals surface area contributed by atoms with E-state index >= 15 is 0 Å². The Kier molecular flexibility index (Phi) is 4.03. The van der Waals surface area contributed by atoms with Gasteiger partial charge in [0.25, 0.3) is 5.95 Å². The topological polar surface area (TPSA) is 92.9 Å². The van der Waals surface area contributed by atoms with Crippen LogP contribution in [-0.2, 0) is 11.2 Å². The Bertz CT molecular complexity index is 1080. The van der Waals surface area contributed by atoms with Crippen molar-refractivity contribution in [2.75, 3.05) is 5.32 Å². The fourth-order valence-corrected chi connectivity index (χ4v) is 2.68. The Labute approximate surface area is 149 Å². The third-order valence-electron chi connectivity index (χ3n) is 3.92. The lowest BCUT2D eigenvalue weighted by molar-refractivity contribution is -0.115. The van der Waals surface area contributed by atoms with Crippen molar-refractivity contribution in [3.8, 4) is 11.8 Å². The number of carbonyl (C=O) groups excluding carboxylic acids is 1. The van der Waals surface area contributed by atoms with E-state index in [0.29, 0.717) is 0 Å². The van der Waals surface area contributed by atoms with Gasteiger partial charge in [0, 0.05) is 12.4 Å². The highest BCUT2D eigenvalue weighted by atomic mass is 16.3. The fraction of sp³-hybridized carbons (Fsp3) is 0.0526. The minimum absolute atomic E-state index is 0.159. The van der Waals surface area contributed by atoms with Gasteiger partial charge < -0.3 is 10.4 Å². The summed E-state index contributed by atoms with van der Waals surface area (Å²) in [4.78, 5) is 20.3. The number of nitrogens with one attached hydrogen (secondary N) is 1. The van der Waals surface area contributed by atoms with E-state index in [9.17, 15) is 9.90 Å². The Morgan fingerprint density at radius 3 is 2.73 bits per heavy atom. The molecule has 26 heavy (non-hydrogen) atoms. The zero-order valence-electron chi connectivity index (χ0n) is 13.7. The monoisotopic (exact) mass is 345 g/mol. The van der Waals surface area contributed by atoms with Gasteiger partial charge in [0.1, 0.15) is 5.69 Å². The van der Waals surface area contributed by atoms with Crippen LogP contribution in [0.3, 0.4) is 0 Å². The van der Waals surface area contributed by atoms with Crippen LogP contribution in [0.2, 0.25) is 0 Å². The van der Waals surface area contributed by atoms with Gasteiger partial charge in [-0.15, -0.1) is 0 Å². The third-order valence-corrected chi connectivity index (χ3v) is 3.92. The molecule has 2 heterocycles. The van der Waals surface area contributed by atoms with Gasteiger partial charge >= 0.3 is 0 Å². The zero-order valence-corrected chi connectivity index (χ0v) is 13.7. The van der Waals surface area contributed by atoms with Crippen molar-refractivity contribution in [3.05, 3.63) is 72.7 Å². The van der Waals surface area contributed by atoms with E-state index in [-0.39, 0.29) is 29.8 Å². The largest absolute Gasteiger partial charge is 0.492 e. The molecule has 2 N–H and O–H groups in total. The van der Waals surface area contributed by atoms with E-state index in [1.165, 1.54) is 10.9 Å². The van der Waals surface area contributed by atoms with E-state index in [4.69, 9.17) is 0 Å². The van der Waals surface area contributed by atoms with Gasteiger partial charge in [0.15, 0.2) is 0 Å². The van der Waals surface area contributed by atoms with Gasteiger partial charge in [-0.25, -0.2) is 9.67 Å². The molecule has 1 amide bonds. The second-order valence-corrected chi connectivity index (χ2v) is 5.76. The van der Waals surface area contributed by atoms with Gasteiger partial charge in [0.2, 0.25) is 11.8 Å². The second-order valence-electron chi connectivity index (χ2n) is 5.76. The summed E-state index contributed by atoms with van der Waals surface area (Å²) >= 11 is 0. The molecule has 4 aromatic rings. The molecule has 4 rings (SSSR count). The first kappa shape index (κ1) is 15.8. The van der Waals surface area contributed by atoms with Crippen LogP contribution < -0.4 is 5.32 Å². The van der Waals surface area contributed by atoms with Crippen molar-refractivity contribution in [1.82, 2.24) is 19.7 Å². The first-order valence-electron chi connectivity index (χ1n) is 8.02. The highest BCUT2D eigenvalue weighted by molar-refractivity contribution is 5.94. The van der Waals surface area contributed by atoms with E-state index in [2.05, 4.69) is 20.4 Å². The lowest BCUT2D eigenvalue weighted by Crippen LogP contribution is -2.15. The van der Waals surface area contributed by atoms with Crippen LogP contribution in [0.4, 0.5) is 5.69 Å². The van der Waals surface area contributed by atoms with Crippen molar-refractivity contribution in [3.63, 3.8) is 0 Å². The second kappa shape index (κ2) is 6.64. The van der Waals surface area contributed by atoms with Crippen molar-refractivity contribution in [1.29, 1.82) is 0 Å². The summed E-state index contributed by atoms with van der Waals surface area (Å²) in [5, 5.41) is 18.9. The molecule has 0 aliphatic heterocycles. The van der Waals surface area contributed by atoms with Crippen LogP contribution in [0.5, 0.6) is 5.88 Å². The Morgan fingerprint density at radius 2 is 1.96 bits per heavy atom. The molecule has 0 aliphatic carbocycles. The Morgan fingerprint density at radius 1 is 1.12 bits per heavy atom. The third kappa shape index (κ3) is 3.23. The number of amides is 1.